The van der Waals surface area contributed by atoms with Gasteiger partial charge in [-0.3, -0.25) is 0 Å². The lowest BCUT2D eigenvalue weighted by atomic mass is 10.2. The van der Waals surface area contributed by atoms with Gasteiger partial charge in [0.25, 0.3) is 0 Å². The molecule has 74 valence electrons. The van der Waals surface area contributed by atoms with Crippen molar-refractivity contribution in [3.05, 3.63) is 33.4 Å². The van der Waals surface area contributed by atoms with E-state index in [0.717, 1.165) is 16.2 Å². The Labute approximate surface area is 96.8 Å². The van der Waals surface area contributed by atoms with Crippen LogP contribution in [-0.2, 0) is 6.54 Å². The number of fused-ring (bicyclic) bond motifs is 1. The monoisotopic (exact) mass is 271 g/mol. The first-order valence-electron chi connectivity index (χ1n) is 4.59. The Hall–Kier alpha value is -0.470. The maximum Gasteiger partial charge on any atom is 0.0886 e. The molecule has 0 saturated carbocycles. The molecule has 1 aromatic heterocycles. The highest BCUT2D eigenvalue weighted by Gasteiger charge is 2.10. The molecule has 0 bridgehead atoms. The smallest absolute Gasteiger partial charge is 0.0886 e. The molecule has 3 heteroatoms. The summed E-state index contributed by atoms with van der Waals surface area (Å²) in [7, 11) is 0. The van der Waals surface area contributed by atoms with Crippen LogP contribution in [0.5, 0.6) is 0 Å². The quantitative estimate of drug-likeness (QED) is 0.726. The Balaban J connectivity index is 2.88. The maximum atomic E-state index is 5.97. The molecule has 0 aliphatic rings. The number of hydrogen-bond donors (Lipinski definition) is 0. The number of nitrogens with zero attached hydrogens (tertiary/aromatic N) is 1. The van der Waals surface area contributed by atoms with Crippen LogP contribution in [0.25, 0.3) is 10.9 Å². The van der Waals surface area contributed by atoms with E-state index < -0.39 is 0 Å². The average molecular weight is 273 g/mol. The van der Waals surface area contributed by atoms with E-state index >= 15 is 0 Å². The molecule has 2 rings (SSSR count). The SMILES string of the molecule is CCn1c(Br)c(C)c2cc(Cl)ccc21. The van der Waals surface area contributed by atoms with Crippen molar-refractivity contribution < 1.29 is 0 Å². The van der Waals surface area contributed by atoms with Gasteiger partial charge in [0.05, 0.1) is 4.60 Å². The summed E-state index contributed by atoms with van der Waals surface area (Å²) < 4.78 is 3.39. The average Bonchev–Trinajstić information content (AvgIpc) is 2.41. The van der Waals surface area contributed by atoms with Gasteiger partial charge < -0.3 is 4.57 Å². The lowest BCUT2D eigenvalue weighted by molar-refractivity contribution is 0.777. The van der Waals surface area contributed by atoms with E-state index in [4.69, 9.17) is 11.6 Å². The maximum absolute atomic E-state index is 5.97. The zero-order valence-electron chi connectivity index (χ0n) is 8.14. The topological polar surface area (TPSA) is 4.93 Å². The van der Waals surface area contributed by atoms with Crippen LogP contribution in [0.1, 0.15) is 12.5 Å². The molecule has 0 atom stereocenters. The van der Waals surface area contributed by atoms with Crippen LogP contribution in [0.2, 0.25) is 5.02 Å². The highest BCUT2D eigenvalue weighted by Crippen LogP contribution is 2.31. The molecule has 0 saturated heterocycles. The van der Waals surface area contributed by atoms with Crippen LogP contribution in [-0.4, -0.2) is 4.57 Å². The summed E-state index contributed by atoms with van der Waals surface area (Å²) in [6.07, 6.45) is 0. The molecule has 1 nitrogen and oxygen atoms in total. The third-order valence-corrected chi connectivity index (χ3v) is 3.77. The van der Waals surface area contributed by atoms with Gasteiger partial charge >= 0.3 is 0 Å². The normalized spacial score (nSPS) is 11.1. The van der Waals surface area contributed by atoms with Crippen LogP contribution in [0.4, 0.5) is 0 Å². The van der Waals surface area contributed by atoms with Gasteiger partial charge in [0.15, 0.2) is 0 Å². The number of halogens is 2. The fourth-order valence-electron chi connectivity index (χ4n) is 1.77. The molecule has 0 aliphatic carbocycles. The van der Waals surface area contributed by atoms with Gasteiger partial charge in [0.2, 0.25) is 0 Å². The highest BCUT2D eigenvalue weighted by atomic mass is 79.9. The largest absolute Gasteiger partial charge is 0.335 e. The second-order valence-electron chi connectivity index (χ2n) is 3.32. The molecule has 1 heterocycles. The van der Waals surface area contributed by atoms with E-state index in [1.165, 1.54) is 16.5 Å². The van der Waals surface area contributed by atoms with Crippen molar-refractivity contribution in [2.45, 2.75) is 20.4 Å². The van der Waals surface area contributed by atoms with Crippen LogP contribution < -0.4 is 0 Å². The lowest BCUT2D eigenvalue weighted by Gasteiger charge is -2.01. The van der Waals surface area contributed by atoms with Gasteiger partial charge in [-0.2, -0.15) is 0 Å². The van der Waals surface area contributed by atoms with Crippen LogP contribution in [0.15, 0.2) is 22.8 Å². The van der Waals surface area contributed by atoms with Gasteiger partial charge in [0, 0.05) is 22.5 Å². The fourth-order valence-corrected chi connectivity index (χ4v) is 2.60. The Morgan fingerprint density at radius 1 is 1.43 bits per heavy atom. The Morgan fingerprint density at radius 2 is 2.14 bits per heavy atom. The number of hydrogen-bond acceptors (Lipinski definition) is 0. The molecule has 0 N–H and O–H groups in total. The standard InChI is InChI=1S/C11H11BrClN/c1-3-14-10-5-4-8(13)6-9(10)7(2)11(14)12/h4-6H,3H2,1-2H3. The number of aryl methyl sites for hydroxylation is 2. The third kappa shape index (κ3) is 1.37. The molecule has 2 aromatic rings. The summed E-state index contributed by atoms with van der Waals surface area (Å²) in [6, 6.07) is 6.02. The Kier molecular flexibility index (Phi) is 2.58. The first-order chi connectivity index (χ1) is 6.65. The predicted octanol–water partition coefficient (Wildman–Crippen LogP) is 4.39. The van der Waals surface area contributed by atoms with Crippen molar-refractivity contribution in [3.63, 3.8) is 0 Å². The molecule has 0 amide bonds. The molecule has 1 aromatic carbocycles. The van der Waals surface area contributed by atoms with Crippen molar-refractivity contribution in [2.75, 3.05) is 0 Å². The van der Waals surface area contributed by atoms with Crippen LogP contribution in [0, 0.1) is 6.92 Å². The van der Waals surface area contributed by atoms with Crippen molar-refractivity contribution in [2.24, 2.45) is 0 Å². The zero-order valence-corrected chi connectivity index (χ0v) is 10.5. The summed E-state index contributed by atoms with van der Waals surface area (Å²) in [5.41, 5.74) is 2.49. The van der Waals surface area contributed by atoms with Crippen LogP contribution >= 0.6 is 27.5 Å². The van der Waals surface area contributed by atoms with E-state index in [0.29, 0.717) is 0 Å². The minimum atomic E-state index is 0.793. The van der Waals surface area contributed by atoms with Gasteiger partial charge in [-0.15, -0.1) is 0 Å². The molecular weight excluding hydrogens is 261 g/mol. The minimum absolute atomic E-state index is 0.793. The molecule has 0 spiro atoms. The van der Waals surface area contributed by atoms with E-state index in [9.17, 15) is 0 Å². The van der Waals surface area contributed by atoms with Gasteiger partial charge in [-0.05, 0) is 53.5 Å². The molecule has 0 radical (unpaired) electrons. The second-order valence-corrected chi connectivity index (χ2v) is 4.51. The molecular formula is C11H11BrClN. The van der Waals surface area contributed by atoms with E-state index in [1.807, 2.05) is 12.1 Å². The molecule has 0 unspecified atom stereocenters. The first kappa shape index (κ1) is 10.1. The lowest BCUT2D eigenvalue weighted by Crippen LogP contribution is -1.92. The third-order valence-electron chi connectivity index (χ3n) is 2.52. The molecule has 14 heavy (non-hydrogen) atoms. The van der Waals surface area contributed by atoms with E-state index in [-0.39, 0.29) is 0 Å². The Bertz CT molecular complexity index is 487. The number of rotatable bonds is 1. The Morgan fingerprint density at radius 3 is 2.79 bits per heavy atom. The highest BCUT2D eigenvalue weighted by molar-refractivity contribution is 9.10. The molecule has 0 fully saturated rings. The number of benzene rings is 1. The predicted molar refractivity (Wildman–Crippen MR) is 65.1 cm³/mol. The summed E-state index contributed by atoms with van der Waals surface area (Å²) in [6.45, 7) is 5.21. The summed E-state index contributed by atoms with van der Waals surface area (Å²) in [5, 5.41) is 2.02. The zero-order chi connectivity index (χ0) is 10.3. The van der Waals surface area contributed by atoms with E-state index in [1.54, 1.807) is 0 Å². The van der Waals surface area contributed by atoms with Gasteiger partial charge in [-0.1, -0.05) is 11.6 Å². The van der Waals surface area contributed by atoms with Crippen molar-refractivity contribution >= 4 is 38.4 Å². The first-order valence-corrected chi connectivity index (χ1v) is 5.76. The summed E-state index contributed by atoms with van der Waals surface area (Å²) in [4.78, 5) is 0. The summed E-state index contributed by atoms with van der Waals surface area (Å²) >= 11 is 9.57. The minimum Gasteiger partial charge on any atom is -0.335 e. The van der Waals surface area contributed by atoms with Crippen LogP contribution in [0.3, 0.4) is 0 Å². The van der Waals surface area contributed by atoms with Crippen molar-refractivity contribution in [1.82, 2.24) is 4.57 Å². The van der Waals surface area contributed by atoms with Gasteiger partial charge in [0.1, 0.15) is 0 Å². The van der Waals surface area contributed by atoms with Gasteiger partial charge in [-0.25, -0.2) is 0 Å². The number of aromatic nitrogens is 1. The van der Waals surface area contributed by atoms with E-state index in [2.05, 4.69) is 40.4 Å². The molecule has 0 aliphatic heterocycles. The van der Waals surface area contributed by atoms with Crippen molar-refractivity contribution in [3.8, 4) is 0 Å². The summed E-state index contributed by atoms with van der Waals surface area (Å²) in [5.74, 6) is 0. The fraction of sp³-hybridized carbons (Fsp3) is 0.273. The van der Waals surface area contributed by atoms with Crippen molar-refractivity contribution in [1.29, 1.82) is 0 Å². The second kappa shape index (κ2) is 3.59.